The molecule has 1 aromatic rings. The van der Waals surface area contributed by atoms with Crippen molar-refractivity contribution in [3.8, 4) is 0 Å². The van der Waals surface area contributed by atoms with Crippen molar-refractivity contribution < 1.29 is 18.7 Å². The number of carbonyl (C=O) groups is 2. The zero-order chi connectivity index (χ0) is 20.0. The number of piperidine rings is 2. The minimum Gasteiger partial charge on any atom is -0.466 e. The van der Waals surface area contributed by atoms with Crippen LogP contribution in [0.15, 0.2) is 24.3 Å². The molecule has 1 amide bonds. The Morgan fingerprint density at radius 1 is 1.11 bits per heavy atom. The number of carbonyl (C=O) groups excluding carboxylic acids is 2. The average molecular weight is 390 g/mol. The molecule has 2 aliphatic heterocycles. The van der Waals surface area contributed by atoms with E-state index in [1.165, 1.54) is 12.5 Å². The standard InChI is InChI=1S/C22H31FN2O3/c1-2-28-21(27)22(15-18-9-4-5-10-19(18)23)11-8-14-25(17-22)20(26)16-24-12-6-3-7-13-24/h4-5,9-10H,2-3,6-8,11-17H2,1H3. The van der Waals surface area contributed by atoms with E-state index in [0.29, 0.717) is 31.6 Å². The lowest BCUT2D eigenvalue weighted by molar-refractivity contribution is -0.161. The van der Waals surface area contributed by atoms with E-state index in [1.807, 2.05) is 0 Å². The molecule has 1 aromatic carbocycles. The average Bonchev–Trinajstić information content (AvgIpc) is 2.71. The third-order valence-corrected chi connectivity index (χ3v) is 5.93. The number of amides is 1. The van der Waals surface area contributed by atoms with E-state index in [0.717, 1.165) is 32.4 Å². The molecule has 0 saturated carbocycles. The van der Waals surface area contributed by atoms with Gasteiger partial charge in [0.15, 0.2) is 0 Å². The van der Waals surface area contributed by atoms with Gasteiger partial charge in [-0.25, -0.2) is 4.39 Å². The molecular weight excluding hydrogens is 359 g/mol. The monoisotopic (exact) mass is 390 g/mol. The highest BCUT2D eigenvalue weighted by molar-refractivity contribution is 5.82. The minimum absolute atomic E-state index is 0.0591. The summed E-state index contributed by atoms with van der Waals surface area (Å²) in [6.45, 7) is 5.31. The van der Waals surface area contributed by atoms with E-state index in [4.69, 9.17) is 4.74 Å². The summed E-state index contributed by atoms with van der Waals surface area (Å²) in [6.07, 6.45) is 5.07. The number of halogens is 1. The summed E-state index contributed by atoms with van der Waals surface area (Å²) >= 11 is 0. The van der Waals surface area contributed by atoms with Crippen molar-refractivity contribution in [2.24, 2.45) is 5.41 Å². The van der Waals surface area contributed by atoms with Gasteiger partial charge in [-0.05, 0) is 63.7 Å². The molecule has 2 heterocycles. The second-order valence-electron chi connectivity index (χ2n) is 8.02. The van der Waals surface area contributed by atoms with Crippen molar-refractivity contribution in [1.29, 1.82) is 0 Å². The second kappa shape index (κ2) is 9.50. The van der Waals surface area contributed by atoms with Crippen molar-refractivity contribution in [2.75, 3.05) is 39.3 Å². The highest BCUT2D eigenvalue weighted by Gasteiger charge is 2.45. The highest BCUT2D eigenvalue weighted by atomic mass is 19.1. The first-order valence-electron chi connectivity index (χ1n) is 10.4. The number of hydrogen-bond acceptors (Lipinski definition) is 4. The molecule has 0 spiro atoms. The molecule has 0 aliphatic carbocycles. The topological polar surface area (TPSA) is 49.9 Å². The molecular formula is C22H31FN2O3. The summed E-state index contributed by atoms with van der Waals surface area (Å²) in [5.74, 6) is -0.583. The van der Waals surface area contributed by atoms with E-state index in [-0.39, 0.29) is 30.7 Å². The normalized spacial score (nSPS) is 23.4. The Labute approximate surface area is 166 Å². The van der Waals surface area contributed by atoms with E-state index in [1.54, 1.807) is 30.0 Å². The Morgan fingerprint density at radius 3 is 2.57 bits per heavy atom. The summed E-state index contributed by atoms with van der Waals surface area (Å²) in [6, 6.07) is 6.55. The van der Waals surface area contributed by atoms with Gasteiger partial charge in [-0.2, -0.15) is 0 Å². The van der Waals surface area contributed by atoms with Crippen LogP contribution in [0.4, 0.5) is 4.39 Å². The van der Waals surface area contributed by atoms with Gasteiger partial charge in [0, 0.05) is 13.1 Å². The molecule has 0 N–H and O–H groups in total. The SMILES string of the molecule is CCOC(=O)C1(Cc2ccccc2F)CCCN(C(=O)CN2CCCCC2)C1. The fourth-order valence-corrected chi connectivity index (χ4v) is 4.43. The molecule has 6 heteroatoms. The van der Waals surface area contributed by atoms with Gasteiger partial charge in [0.1, 0.15) is 5.82 Å². The Balaban J connectivity index is 1.76. The molecule has 5 nitrogen and oxygen atoms in total. The molecule has 1 atom stereocenters. The Bertz CT molecular complexity index is 690. The van der Waals surface area contributed by atoms with Crippen LogP contribution in [0.5, 0.6) is 0 Å². The largest absolute Gasteiger partial charge is 0.466 e. The quantitative estimate of drug-likeness (QED) is 0.701. The maximum absolute atomic E-state index is 14.3. The lowest BCUT2D eigenvalue weighted by atomic mass is 9.75. The molecule has 0 radical (unpaired) electrons. The van der Waals surface area contributed by atoms with Gasteiger partial charge in [0.05, 0.1) is 18.6 Å². The van der Waals surface area contributed by atoms with Crippen LogP contribution < -0.4 is 0 Å². The van der Waals surface area contributed by atoms with Gasteiger partial charge in [-0.3, -0.25) is 14.5 Å². The Morgan fingerprint density at radius 2 is 1.86 bits per heavy atom. The molecule has 2 fully saturated rings. The molecule has 28 heavy (non-hydrogen) atoms. The van der Waals surface area contributed by atoms with Gasteiger partial charge in [0.2, 0.25) is 5.91 Å². The molecule has 3 rings (SSSR count). The number of ether oxygens (including phenoxy) is 1. The van der Waals surface area contributed by atoms with Crippen LogP contribution >= 0.6 is 0 Å². The fraction of sp³-hybridized carbons (Fsp3) is 0.636. The predicted molar refractivity (Wildman–Crippen MR) is 105 cm³/mol. The van der Waals surface area contributed by atoms with Gasteiger partial charge in [0.25, 0.3) is 0 Å². The number of benzene rings is 1. The first-order chi connectivity index (χ1) is 13.5. The van der Waals surface area contributed by atoms with Crippen LogP contribution in [0.2, 0.25) is 0 Å². The Hall–Kier alpha value is -1.95. The van der Waals surface area contributed by atoms with E-state index < -0.39 is 5.41 Å². The van der Waals surface area contributed by atoms with Crippen LogP contribution in [0.1, 0.15) is 44.6 Å². The summed E-state index contributed by atoms with van der Waals surface area (Å²) in [4.78, 5) is 29.8. The van der Waals surface area contributed by atoms with Gasteiger partial charge in [-0.1, -0.05) is 24.6 Å². The Kier molecular flexibility index (Phi) is 7.05. The zero-order valence-corrected chi connectivity index (χ0v) is 16.8. The van der Waals surface area contributed by atoms with E-state index >= 15 is 0 Å². The summed E-state index contributed by atoms with van der Waals surface area (Å²) < 4.78 is 19.7. The number of likely N-dealkylation sites (tertiary alicyclic amines) is 2. The van der Waals surface area contributed by atoms with Crippen LogP contribution in [0.25, 0.3) is 0 Å². The second-order valence-corrected chi connectivity index (χ2v) is 8.02. The third kappa shape index (κ3) is 4.90. The molecule has 0 bridgehead atoms. The molecule has 154 valence electrons. The molecule has 2 aliphatic rings. The van der Waals surface area contributed by atoms with Gasteiger partial charge < -0.3 is 9.64 Å². The van der Waals surface area contributed by atoms with E-state index in [9.17, 15) is 14.0 Å². The highest BCUT2D eigenvalue weighted by Crippen LogP contribution is 2.36. The fourth-order valence-electron chi connectivity index (χ4n) is 4.43. The predicted octanol–water partition coefficient (Wildman–Crippen LogP) is 3.03. The van der Waals surface area contributed by atoms with Crippen molar-refractivity contribution in [3.63, 3.8) is 0 Å². The number of esters is 1. The molecule has 0 aromatic heterocycles. The van der Waals surface area contributed by atoms with Crippen LogP contribution in [0.3, 0.4) is 0 Å². The van der Waals surface area contributed by atoms with E-state index in [2.05, 4.69) is 4.90 Å². The van der Waals surface area contributed by atoms with Crippen molar-refractivity contribution in [2.45, 2.75) is 45.4 Å². The molecule has 2 saturated heterocycles. The maximum Gasteiger partial charge on any atom is 0.314 e. The van der Waals surface area contributed by atoms with Crippen LogP contribution in [0, 0.1) is 11.2 Å². The lowest BCUT2D eigenvalue weighted by Gasteiger charge is -2.42. The third-order valence-electron chi connectivity index (χ3n) is 5.93. The zero-order valence-electron chi connectivity index (χ0n) is 16.8. The number of rotatable bonds is 6. The summed E-state index contributed by atoms with van der Waals surface area (Å²) in [5, 5.41) is 0. The first-order valence-corrected chi connectivity index (χ1v) is 10.4. The summed E-state index contributed by atoms with van der Waals surface area (Å²) in [5.41, 5.74) is -0.380. The summed E-state index contributed by atoms with van der Waals surface area (Å²) in [7, 11) is 0. The van der Waals surface area contributed by atoms with Crippen molar-refractivity contribution in [3.05, 3.63) is 35.6 Å². The van der Waals surface area contributed by atoms with Crippen LogP contribution in [-0.4, -0.2) is 61.0 Å². The first kappa shape index (κ1) is 20.8. The number of hydrogen-bond donors (Lipinski definition) is 0. The van der Waals surface area contributed by atoms with Crippen molar-refractivity contribution >= 4 is 11.9 Å². The minimum atomic E-state index is -0.881. The van der Waals surface area contributed by atoms with Crippen molar-refractivity contribution in [1.82, 2.24) is 9.80 Å². The van der Waals surface area contributed by atoms with Gasteiger partial charge >= 0.3 is 5.97 Å². The van der Waals surface area contributed by atoms with Crippen LogP contribution in [-0.2, 0) is 20.7 Å². The smallest absolute Gasteiger partial charge is 0.314 e. The number of nitrogens with zero attached hydrogens (tertiary/aromatic N) is 2. The molecule has 1 unspecified atom stereocenters. The van der Waals surface area contributed by atoms with Gasteiger partial charge in [-0.15, -0.1) is 0 Å². The lowest BCUT2D eigenvalue weighted by Crippen LogP contribution is -2.53. The maximum atomic E-state index is 14.3.